The number of allylic oxidation sites excluding steroid dienone is 2. The standard InChI is InChI=1S/C57H48F10N2O10/c1-33-44(69)21-20-42(51(33)46(71)23-7-35-9-25-48(50(31-35)75-3)79-53(73)37-12-17-40(18-13-37)77-29-5-27-55(60,61)57(65,66)67)41-19-14-38(68)32-43(41)45(70)22-6-34-8-24-47(49(30-34)74-2)78-52(72)36-10-15-39(16-11-36)76-28-4-26-54(58,59)56(62,63)64/h6-25,30-32H,4-5,26-29,68-69H2,1-3H3/b22-6+,23-7+. The molecule has 0 fully saturated rings. The first-order valence-corrected chi connectivity index (χ1v) is 23.6. The predicted molar refractivity (Wildman–Crippen MR) is 272 cm³/mol. The smallest absolute Gasteiger partial charge is 0.453 e. The number of benzene rings is 6. The Balaban J connectivity index is 1.11. The molecule has 6 aromatic rings. The molecule has 0 aliphatic rings. The first kappa shape index (κ1) is 59.4. The zero-order chi connectivity index (χ0) is 57.9. The summed E-state index contributed by atoms with van der Waals surface area (Å²) in [7, 11) is 2.64. The fourth-order valence-corrected chi connectivity index (χ4v) is 7.48. The SMILES string of the molecule is COc1cc(/C=C/C(=O)c2cc(N)ccc2-c2ccc(N)c(C)c2C(=O)/C=C/c2ccc(OC(=O)c3ccc(OCCCC(F)(F)C(F)(F)F)cc3)c(OC)c2)ccc1OC(=O)c1ccc(OCCCC(F)(F)C(F)(F)F)cc1. The van der Waals surface area contributed by atoms with Crippen LogP contribution >= 0.6 is 0 Å². The molecule has 416 valence electrons. The van der Waals surface area contributed by atoms with Crippen molar-refractivity contribution in [2.45, 2.75) is 56.8 Å². The third-order valence-corrected chi connectivity index (χ3v) is 11.8. The lowest BCUT2D eigenvalue weighted by atomic mass is 9.88. The molecule has 0 aliphatic carbocycles. The number of rotatable bonds is 23. The average Bonchev–Trinajstić information content (AvgIpc) is 3.41. The first-order chi connectivity index (χ1) is 37.2. The zero-order valence-electron chi connectivity index (χ0n) is 42.0. The molecule has 0 spiro atoms. The Morgan fingerprint density at radius 3 is 1.37 bits per heavy atom. The van der Waals surface area contributed by atoms with Gasteiger partial charge < -0.3 is 39.9 Å². The van der Waals surface area contributed by atoms with Gasteiger partial charge in [0.15, 0.2) is 34.6 Å². The van der Waals surface area contributed by atoms with Gasteiger partial charge in [-0.25, -0.2) is 9.59 Å². The molecular formula is C57H48F10N2O10. The minimum atomic E-state index is -5.67. The molecule has 6 rings (SSSR count). The van der Waals surface area contributed by atoms with Crippen LogP contribution in [0.2, 0.25) is 0 Å². The summed E-state index contributed by atoms with van der Waals surface area (Å²) in [6.07, 6.45) is -9.90. The second-order valence-electron chi connectivity index (χ2n) is 17.4. The minimum absolute atomic E-state index is 0.00292. The van der Waals surface area contributed by atoms with E-state index in [1.807, 2.05) is 0 Å². The zero-order valence-corrected chi connectivity index (χ0v) is 42.0. The minimum Gasteiger partial charge on any atom is -0.494 e. The van der Waals surface area contributed by atoms with Crippen molar-refractivity contribution in [3.8, 4) is 45.6 Å². The maximum atomic E-state index is 14.1. The van der Waals surface area contributed by atoms with Gasteiger partial charge in [-0.15, -0.1) is 0 Å². The molecule has 0 radical (unpaired) electrons. The number of ketones is 2. The highest BCUT2D eigenvalue weighted by atomic mass is 19.4. The van der Waals surface area contributed by atoms with E-state index in [-0.39, 0.29) is 68.1 Å². The number of halogens is 10. The number of ether oxygens (including phenoxy) is 6. The van der Waals surface area contributed by atoms with E-state index < -0.39 is 86.6 Å². The number of alkyl halides is 10. The quantitative estimate of drug-likeness (QED) is 0.0118. The molecule has 79 heavy (non-hydrogen) atoms. The summed E-state index contributed by atoms with van der Waals surface area (Å²) < 4.78 is 160. The van der Waals surface area contributed by atoms with Crippen LogP contribution in [0.25, 0.3) is 23.3 Å². The molecule has 0 saturated carbocycles. The molecule has 0 amide bonds. The van der Waals surface area contributed by atoms with Crippen LogP contribution in [0.4, 0.5) is 55.3 Å². The van der Waals surface area contributed by atoms with Crippen LogP contribution in [0.15, 0.2) is 127 Å². The van der Waals surface area contributed by atoms with Gasteiger partial charge in [0.25, 0.3) is 0 Å². The number of esters is 2. The number of hydrogen-bond donors (Lipinski definition) is 2. The summed E-state index contributed by atoms with van der Waals surface area (Å²) in [5.41, 5.74) is 15.4. The maximum Gasteiger partial charge on any atom is 0.453 e. The number of carbonyl (C=O) groups excluding carboxylic acids is 4. The van der Waals surface area contributed by atoms with Gasteiger partial charge in [-0.05, 0) is 151 Å². The summed E-state index contributed by atoms with van der Waals surface area (Å²) in [4.78, 5) is 54.2. The fourth-order valence-electron chi connectivity index (χ4n) is 7.48. The second kappa shape index (κ2) is 25.1. The summed E-state index contributed by atoms with van der Waals surface area (Å²) in [5.74, 6) is -11.9. The van der Waals surface area contributed by atoms with Crippen LogP contribution in [0, 0.1) is 6.92 Å². The van der Waals surface area contributed by atoms with E-state index in [4.69, 9.17) is 39.9 Å². The summed E-state index contributed by atoms with van der Waals surface area (Å²) in [5, 5.41) is 0. The molecule has 0 heterocycles. The summed E-state index contributed by atoms with van der Waals surface area (Å²) in [6, 6.07) is 27.2. The van der Waals surface area contributed by atoms with Crippen molar-refractivity contribution in [2.24, 2.45) is 0 Å². The normalized spacial score (nSPS) is 12.1. The fraction of sp³-hybridized carbons (Fsp3) is 0.228. The van der Waals surface area contributed by atoms with Crippen LogP contribution in [-0.2, 0) is 0 Å². The molecule has 0 bridgehead atoms. The van der Waals surface area contributed by atoms with E-state index in [1.54, 1.807) is 31.2 Å². The van der Waals surface area contributed by atoms with Crippen LogP contribution in [0.1, 0.15) is 83.8 Å². The third-order valence-electron chi connectivity index (χ3n) is 11.8. The van der Waals surface area contributed by atoms with E-state index in [2.05, 4.69) is 0 Å². The molecule has 22 heteroatoms. The highest BCUT2D eigenvalue weighted by Crippen LogP contribution is 2.41. The first-order valence-electron chi connectivity index (χ1n) is 23.6. The molecule has 12 nitrogen and oxygen atoms in total. The number of nitrogens with two attached hydrogens (primary N) is 2. The Morgan fingerprint density at radius 2 is 0.937 bits per heavy atom. The number of hydrogen-bond acceptors (Lipinski definition) is 12. The molecule has 4 N–H and O–H groups in total. The number of nitrogen functional groups attached to an aromatic ring is 2. The Hall–Kier alpha value is -8.82. The Morgan fingerprint density at radius 1 is 0.506 bits per heavy atom. The Bertz CT molecular complexity index is 3250. The van der Waals surface area contributed by atoms with Gasteiger partial charge in [-0.1, -0.05) is 36.4 Å². The molecule has 0 aliphatic heterocycles. The largest absolute Gasteiger partial charge is 0.494 e. The summed E-state index contributed by atoms with van der Waals surface area (Å²) in [6.45, 7) is 0.784. The summed E-state index contributed by atoms with van der Waals surface area (Å²) >= 11 is 0. The van der Waals surface area contributed by atoms with E-state index in [9.17, 15) is 63.1 Å². The average molecular weight is 1110 g/mol. The van der Waals surface area contributed by atoms with Gasteiger partial charge in [0.05, 0.1) is 38.6 Å². The lowest BCUT2D eigenvalue weighted by Gasteiger charge is -2.19. The highest BCUT2D eigenvalue weighted by Gasteiger charge is 2.57. The lowest BCUT2D eigenvalue weighted by molar-refractivity contribution is -0.284. The van der Waals surface area contributed by atoms with Gasteiger partial charge in [-0.2, -0.15) is 43.9 Å². The Labute approximate surface area is 445 Å². The molecule has 0 unspecified atom stereocenters. The van der Waals surface area contributed by atoms with Crippen molar-refractivity contribution < 1.29 is 91.5 Å². The van der Waals surface area contributed by atoms with Crippen molar-refractivity contribution in [1.82, 2.24) is 0 Å². The van der Waals surface area contributed by atoms with E-state index in [0.29, 0.717) is 27.8 Å². The molecule has 0 aromatic heterocycles. The molecule has 0 saturated heterocycles. The van der Waals surface area contributed by atoms with Crippen LogP contribution in [0.5, 0.6) is 34.5 Å². The van der Waals surface area contributed by atoms with Gasteiger partial charge in [0, 0.05) is 35.3 Å². The van der Waals surface area contributed by atoms with Gasteiger partial charge >= 0.3 is 36.1 Å². The topological polar surface area (TPSA) is 176 Å². The van der Waals surface area contributed by atoms with Crippen molar-refractivity contribution in [1.29, 1.82) is 0 Å². The van der Waals surface area contributed by atoms with Crippen molar-refractivity contribution in [2.75, 3.05) is 38.9 Å². The monoisotopic (exact) mass is 1110 g/mol. The van der Waals surface area contributed by atoms with Crippen LogP contribution in [-0.4, -0.2) is 75.1 Å². The van der Waals surface area contributed by atoms with Gasteiger partial charge in [0.2, 0.25) is 0 Å². The van der Waals surface area contributed by atoms with Gasteiger partial charge in [-0.3, -0.25) is 9.59 Å². The maximum absolute atomic E-state index is 14.1. The third kappa shape index (κ3) is 15.2. The van der Waals surface area contributed by atoms with Crippen LogP contribution in [0.3, 0.4) is 0 Å². The van der Waals surface area contributed by atoms with Gasteiger partial charge in [0.1, 0.15) is 11.5 Å². The number of methoxy groups -OCH3 is 2. The van der Waals surface area contributed by atoms with E-state index in [0.717, 1.165) is 0 Å². The second-order valence-corrected chi connectivity index (χ2v) is 17.4. The molecule has 0 atom stereocenters. The molecular weight excluding hydrogens is 1060 g/mol. The number of carbonyl (C=O) groups is 4. The van der Waals surface area contributed by atoms with Crippen molar-refractivity contribution in [3.63, 3.8) is 0 Å². The Kier molecular flexibility index (Phi) is 18.9. The number of anilines is 2. The van der Waals surface area contributed by atoms with E-state index >= 15 is 0 Å². The lowest BCUT2D eigenvalue weighted by Crippen LogP contribution is -2.36. The van der Waals surface area contributed by atoms with E-state index in [1.165, 1.54) is 130 Å². The molecule has 6 aromatic carbocycles. The highest BCUT2D eigenvalue weighted by molar-refractivity contribution is 6.16. The van der Waals surface area contributed by atoms with Crippen molar-refractivity contribution >= 4 is 47.0 Å². The predicted octanol–water partition coefficient (Wildman–Crippen LogP) is 13.8. The van der Waals surface area contributed by atoms with Crippen molar-refractivity contribution in [3.05, 3.63) is 166 Å². The van der Waals surface area contributed by atoms with Crippen LogP contribution < -0.4 is 39.9 Å².